The summed E-state index contributed by atoms with van der Waals surface area (Å²) in [6.07, 6.45) is 6.59. The lowest BCUT2D eigenvalue weighted by Gasteiger charge is -2.20. The third kappa shape index (κ3) is 2.25. The smallest absolute Gasteiger partial charge is 0.00896 e. The van der Waals surface area contributed by atoms with Gasteiger partial charge < -0.3 is 0 Å². The summed E-state index contributed by atoms with van der Waals surface area (Å²) in [6.45, 7) is 8.32. The third-order valence-corrected chi connectivity index (χ3v) is 2.43. The lowest BCUT2D eigenvalue weighted by molar-refractivity contribution is 0.942. The zero-order valence-electron chi connectivity index (χ0n) is 9.54. The van der Waals surface area contributed by atoms with Gasteiger partial charge in [0, 0.05) is 5.92 Å². The molecule has 0 saturated carbocycles. The zero-order valence-corrected chi connectivity index (χ0v) is 9.54. The summed E-state index contributed by atoms with van der Waals surface area (Å²) >= 11 is 0. The maximum Gasteiger partial charge on any atom is 0.00896 e. The molecule has 0 spiro atoms. The summed E-state index contributed by atoms with van der Waals surface area (Å²) < 4.78 is 0. The molecule has 0 nitrogen and oxygen atoms in total. The van der Waals surface area contributed by atoms with Gasteiger partial charge in [-0.2, -0.15) is 0 Å². The Bertz CT molecular complexity index is 321. The van der Waals surface area contributed by atoms with Gasteiger partial charge in [0.15, 0.2) is 0 Å². The Morgan fingerprint density at radius 2 is 1.71 bits per heavy atom. The quantitative estimate of drug-likeness (QED) is 0.618. The van der Waals surface area contributed by atoms with Gasteiger partial charge in [-0.3, -0.25) is 0 Å². The molecular weight excluding hydrogens is 168 g/mol. The molecule has 0 amide bonds. The summed E-state index contributed by atoms with van der Waals surface area (Å²) in [7, 11) is 0. The van der Waals surface area contributed by atoms with Crippen LogP contribution in [0.4, 0.5) is 0 Å². The second-order valence-corrected chi connectivity index (χ2v) is 3.46. The Morgan fingerprint density at radius 3 is 2.21 bits per heavy atom. The van der Waals surface area contributed by atoms with Gasteiger partial charge in [-0.1, -0.05) is 49.8 Å². The van der Waals surface area contributed by atoms with E-state index in [4.69, 9.17) is 0 Å². The first-order valence-electron chi connectivity index (χ1n) is 5.36. The van der Waals surface area contributed by atoms with Crippen LogP contribution < -0.4 is 0 Å². The van der Waals surface area contributed by atoms with Crippen molar-refractivity contribution in [3.8, 4) is 0 Å². The van der Waals surface area contributed by atoms with Crippen molar-refractivity contribution in [1.82, 2.24) is 0 Å². The van der Waals surface area contributed by atoms with Crippen molar-refractivity contribution in [1.29, 1.82) is 0 Å². The van der Waals surface area contributed by atoms with E-state index in [9.17, 15) is 0 Å². The van der Waals surface area contributed by atoms with Crippen molar-refractivity contribution in [2.45, 2.75) is 33.6 Å². The number of rotatable bonds is 1. The van der Waals surface area contributed by atoms with E-state index < -0.39 is 0 Å². The van der Waals surface area contributed by atoms with Crippen LogP contribution in [0.5, 0.6) is 0 Å². The number of benzene rings is 1. The topological polar surface area (TPSA) is 0 Å². The fourth-order valence-electron chi connectivity index (χ4n) is 1.55. The summed E-state index contributed by atoms with van der Waals surface area (Å²) in [5, 5.41) is 0. The molecule has 1 aromatic carbocycles. The normalized spacial score (nSPS) is 18.1. The molecule has 0 saturated heterocycles. The van der Waals surface area contributed by atoms with E-state index in [0.29, 0.717) is 5.92 Å². The molecule has 0 fully saturated rings. The molecule has 1 aliphatic carbocycles. The maximum atomic E-state index is 2.28. The monoisotopic (exact) mass is 187 g/mol. The predicted octanol–water partition coefficient (Wildman–Crippen LogP) is 4.19. The molecule has 1 radical (unpaired) electrons. The fourth-order valence-corrected chi connectivity index (χ4v) is 1.55. The van der Waals surface area contributed by atoms with Crippen molar-refractivity contribution in [3.63, 3.8) is 0 Å². The first-order valence-corrected chi connectivity index (χ1v) is 5.36. The first-order chi connectivity index (χ1) is 6.77. The third-order valence-electron chi connectivity index (χ3n) is 2.43. The van der Waals surface area contributed by atoms with Crippen LogP contribution in [-0.4, -0.2) is 0 Å². The average Bonchev–Trinajstić information content (AvgIpc) is 2.12. The van der Waals surface area contributed by atoms with Crippen LogP contribution in [0, 0.1) is 20.3 Å². The van der Waals surface area contributed by atoms with E-state index in [-0.39, 0.29) is 0 Å². The Balaban J connectivity index is 0.000000461. The van der Waals surface area contributed by atoms with Crippen LogP contribution in [0.15, 0.2) is 30.4 Å². The predicted molar refractivity (Wildman–Crippen MR) is 63.4 cm³/mol. The second kappa shape index (κ2) is 4.99. The molecule has 0 aliphatic heterocycles. The van der Waals surface area contributed by atoms with Crippen molar-refractivity contribution in [2.75, 3.05) is 0 Å². The minimum Gasteiger partial charge on any atom is -0.0832 e. The van der Waals surface area contributed by atoms with Gasteiger partial charge in [-0.15, -0.1) is 0 Å². The van der Waals surface area contributed by atoms with E-state index in [1.54, 1.807) is 0 Å². The van der Waals surface area contributed by atoms with Crippen molar-refractivity contribution < 1.29 is 0 Å². The molecule has 75 valence electrons. The highest BCUT2D eigenvalue weighted by Crippen LogP contribution is 2.30. The van der Waals surface area contributed by atoms with Gasteiger partial charge in [0.2, 0.25) is 0 Å². The minimum absolute atomic E-state index is 0.574. The SMILES string of the molecule is CC.Cc1ccc(C)c(C2[CH]C=C2)c1. The van der Waals surface area contributed by atoms with Gasteiger partial charge in [0.1, 0.15) is 0 Å². The van der Waals surface area contributed by atoms with Crippen molar-refractivity contribution >= 4 is 0 Å². The lowest BCUT2D eigenvalue weighted by Crippen LogP contribution is -2.04. The highest BCUT2D eigenvalue weighted by molar-refractivity contribution is 5.42. The van der Waals surface area contributed by atoms with Crippen molar-refractivity contribution in [2.24, 2.45) is 0 Å². The fraction of sp³-hybridized carbons (Fsp3) is 0.357. The van der Waals surface area contributed by atoms with E-state index in [1.165, 1.54) is 16.7 Å². The van der Waals surface area contributed by atoms with Crippen LogP contribution in [-0.2, 0) is 0 Å². The molecule has 1 atom stereocenters. The van der Waals surface area contributed by atoms with Gasteiger partial charge in [-0.25, -0.2) is 0 Å². The maximum absolute atomic E-state index is 2.28. The Morgan fingerprint density at radius 1 is 1.07 bits per heavy atom. The molecule has 1 unspecified atom stereocenters. The van der Waals surface area contributed by atoms with Crippen LogP contribution >= 0.6 is 0 Å². The van der Waals surface area contributed by atoms with E-state index >= 15 is 0 Å². The number of hydrogen-bond acceptors (Lipinski definition) is 0. The Hall–Kier alpha value is -1.04. The number of allylic oxidation sites excluding steroid dienone is 2. The van der Waals surface area contributed by atoms with Crippen LogP contribution in [0.3, 0.4) is 0 Å². The summed E-state index contributed by atoms with van der Waals surface area (Å²) in [6, 6.07) is 6.64. The van der Waals surface area contributed by atoms with E-state index in [0.717, 1.165) is 0 Å². The van der Waals surface area contributed by atoms with Crippen LogP contribution in [0.2, 0.25) is 0 Å². The average molecular weight is 187 g/mol. The Kier molecular flexibility index (Phi) is 3.94. The summed E-state index contributed by atoms with van der Waals surface area (Å²) in [5.41, 5.74) is 4.20. The molecule has 0 heteroatoms. The van der Waals surface area contributed by atoms with E-state index in [2.05, 4.69) is 50.6 Å². The standard InChI is InChI=1S/C12H13.C2H6/c1-9-6-7-10(2)12(8-9)11-4-3-5-11;1-2/h3-8,11H,1-2H3;1-2H3. The molecule has 0 aromatic heterocycles. The second-order valence-electron chi connectivity index (χ2n) is 3.46. The van der Waals surface area contributed by atoms with Gasteiger partial charge in [0.25, 0.3) is 0 Å². The molecule has 0 bridgehead atoms. The molecular formula is C14H19. The summed E-state index contributed by atoms with van der Waals surface area (Å²) in [5.74, 6) is 0.574. The van der Waals surface area contributed by atoms with Crippen molar-refractivity contribution in [3.05, 3.63) is 53.5 Å². The Labute approximate surface area is 87.7 Å². The molecule has 1 aromatic rings. The van der Waals surface area contributed by atoms with Crippen LogP contribution in [0.25, 0.3) is 0 Å². The zero-order chi connectivity index (χ0) is 10.6. The largest absolute Gasteiger partial charge is 0.0832 e. The van der Waals surface area contributed by atoms with Gasteiger partial charge >= 0.3 is 0 Å². The number of aryl methyl sites for hydroxylation is 2. The van der Waals surface area contributed by atoms with E-state index in [1.807, 2.05) is 13.8 Å². The highest BCUT2D eigenvalue weighted by Gasteiger charge is 2.14. The van der Waals surface area contributed by atoms with Gasteiger partial charge in [0.05, 0.1) is 0 Å². The molecule has 0 N–H and O–H groups in total. The highest BCUT2D eigenvalue weighted by atomic mass is 14.2. The first kappa shape index (κ1) is 11.0. The lowest BCUT2D eigenvalue weighted by atomic mass is 9.85. The van der Waals surface area contributed by atoms with Gasteiger partial charge in [-0.05, 0) is 31.4 Å². The molecule has 0 heterocycles. The number of hydrogen-bond donors (Lipinski definition) is 0. The molecule has 2 rings (SSSR count). The molecule has 14 heavy (non-hydrogen) atoms. The molecule has 1 aliphatic rings. The van der Waals surface area contributed by atoms with Crippen LogP contribution in [0.1, 0.15) is 36.5 Å². The minimum atomic E-state index is 0.574. The summed E-state index contributed by atoms with van der Waals surface area (Å²) in [4.78, 5) is 0.